The van der Waals surface area contributed by atoms with Crippen molar-refractivity contribution in [2.45, 2.75) is 13.8 Å². The van der Waals surface area contributed by atoms with Crippen LogP contribution in [0, 0.1) is 6.92 Å². The summed E-state index contributed by atoms with van der Waals surface area (Å²) in [4.78, 5) is 12.1. The number of rotatable bonds is 5. The van der Waals surface area contributed by atoms with Crippen LogP contribution in [-0.2, 0) is 10.0 Å². The molecule has 1 N–H and O–H groups in total. The zero-order chi connectivity index (χ0) is 14.8. The molecule has 0 aliphatic carbocycles. The summed E-state index contributed by atoms with van der Waals surface area (Å²) in [5.41, 5.74) is 0.873. The first kappa shape index (κ1) is 14.3. The van der Waals surface area contributed by atoms with Crippen molar-refractivity contribution in [1.82, 2.24) is 0 Å². The highest BCUT2D eigenvalue weighted by molar-refractivity contribution is 7.92. The fourth-order valence-corrected chi connectivity index (χ4v) is 2.28. The molecule has 6 heteroatoms. The van der Waals surface area contributed by atoms with Crippen molar-refractivity contribution in [1.29, 1.82) is 0 Å². The van der Waals surface area contributed by atoms with Crippen molar-refractivity contribution >= 4 is 21.5 Å². The van der Waals surface area contributed by atoms with Gasteiger partial charge in [0.1, 0.15) is 5.76 Å². The predicted molar refractivity (Wildman–Crippen MR) is 76.4 cm³/mol. The zero-order valence-corrected chi connectivity index (χ0v) is 12.0. The lowest BCUT2D eigenvalue weighted by Crippen LogP contribution is -2.14. The molecule has 0 atom stereocenters. The Balaban J connectivity index is 2.18. The van der Waals surface area contributed by atoms with Crippen LogP contribution < -0.4 is 4.72 Å². The first-order valence-corrected chi connectivity index (χ1v) is 7.78. The van der Waals surface area contributed by atoms with Crippen LogP contribution in [0.15, 0.2) is 40.8 Å². The predicted octanol–water partition coefficient (Wildman–Crippen LogP) is 2.58. The Hall–Kier alpha value is -2.08. The molecule has 1 heterocycles. The summed E-state index contributed by atoms with van der Waals surface area (Å²) in [6, 6.07) is 9.57. The van der Waals surface area contributed by atoms with Gasteiger partial charge in [-0.3, -0.25) is 9.52 Å². The fourth-order valence-electron chi connectivity index (χ4n) is 1.64. The van der Waals surface area contributed by atoms with Crippen molar-refractivity contribution in [3.8, 4) is 0 Å². The van der Waals surface area contributed by atoms with Crippen LogP contribution in [0.2, 0.25) is 0 Å². The molecular weight excluding hydrogens is 278 g/mol. The fraction of sp³-hybridized carbons (Fsp3) is 0.214. The lowest BCUT2D eigenvalue weighted by atomic mass is 10.1. The van der Waals surface area contributed by atoms with Crippen LogP contribution in [0.25, 0.3) is 0 Å². The normalized spacial score (nSPS) is 11.3. The molecule has 1 aromatic heterocycles. The molecule has 5 nitrogen and oxygen atoms in total. The third-order valence-corrected chi connectivity index (χ3v) is 4.07. The monoisotopic (exact) mass is 293 g/mol. The second-order valence-corrected chi connectivity index (χ2v) is 6.33. The van der Waals surface area contributed by atoms with Crippen LogP contribution in [0.1, 0.15) is 28.8 Å². The number of furan rings is 1. The van der Waals surface area contributed by atoms with E-state index in [2.05, 4.69) is 4.72 Å². The molecule has 0 aliphatic heterocycles. The van der Waals surface area contributed by atoms with E-state index in [1.54, 1.807) is 50.2 Å². The van der Waals surface area contributed by atoms with Crippen molar-refractivity contribution in [3.63, 3.8) is 0 Å². The van der Waals surface area contributed by atoms with Gasteiger partial charge in [0.2, 0.25) is 15.8 Å². The number of aryl methyl sites for hydroxylation is 1. The van der Waals surface area contributed by atoms with Crippen LogP contribution >= 0.6 is 0 Å². The molecule has 1 aromatic carbocycles. The number of hydrogen-bond donors (Lipinski definition) is 1. The van der Waals surface area contributed by atoms with Gasteiger partial charge in [-0.15, -0.1) is 0 Å². The van der Waals surface area contributed by atoms with Crippen LogP contribution in [-0.4, -0.2) is 20.0 Å². The maximum absolute atomic E-state index is 12.1. The third kappa shape index (κ3) is 3.27. The Labute approximate surface area is 117 Å². The van der Waals surface area contributed by atoms with Crippen LogP contribution in [0.5, 0.6) is 0 Å². The molecule has 0 saturated carbocycles. The van der Waals surface area contributed by atoms with E-state index < -0.39 is 10.0 Å². The summed E-state index contributed by atoms with van der Waals surface area (Å²) < 4.78 is 30.5. The Kier molecular flexibility index (Phi) is 3.94. The molecular formula is C14H15NO4S. The highest BCUT2D eigenvalue weighted by Gasteiger charge is 2.13. The third-order valence-electron chi connectivity index (χ3n) is 2.76. The molecule has 0 saturated heterocycles. The molecule has 0 fully saturated rings. The molecule has 0 aliphatic rings. The lowest BCUT2D eigenvalue weighted by Gasteiger charge is -2.06. The molecule has 106 valence electrons. The van der Waals surface area contributed by atoms with Gasteiger partial charge in [0, 0.05) is 11.3 Å². The average Bonchev–Trinajstić information content (AvgIpc) is 2.85. The van der Waals surface area contributed by atoms with E-state index in [1.165, 1.54) is 0 Å². The van der Waals surface area contributed by atoms with E-state index in [0.29, 0.717) is 17.0 Å². The van der Waals surface area contributed by atoms with E-state index in [-0.39, 0.29) is 17.3 Å². The van der Waals surface area contributed by atoms with Crippen molar-refractivity contribution in [2.24, 2.45) is 0 Å². The number of carbonyl (C=O) groups is 1. The van der Waals surface area contributed by atoms with Crippen LogP contribution in [0.3, 0.4) is 0 Å². The van der Waals surface area contributed by atoms with Gasteiger partial charge in [0.25, 0.3) is 0 Å². The quantitative estimate of drug-likeness (QED) is 0.860. The minimum Gasteiger partial charge on any atom is -0.458 e. The maximum atomic E-state index is 12.1. The summed E-state index contributed by atoms with van der Waals surface area (Å²) in [6.07, 6.45) is 0. The molecule has 20 heavy (non-hydrogen) atoms. The number of ketones is 1. The number of sulfonamides is 1. The van der Waals surface area contributed by atoms with Gasteiger partial charge in [-0.2, -0.15) is 0 Å². The highest BCUT2D eigenvalue weighted by Crippen LogP contribution is 2.16. The van der Waals surface area contributed by atoms with E-state index in [4.69, 9.17) is 4.42 Å². The highest BCUT2D eigenvalue weighted by atomic mass is 32.2. The van der Waals surface area contributed by atoms with Crippen molar-refractivity contribution in [2.75, 3.05) is 10.5 Å². The molecule has 0 radical (unpaired) electrons. The standard InChI is InChI=1S/C14H15NO4S/c1-3-20(17,18)15-12-7-5-11(6-8-12)14(16)13-9-4-10(2)19-13/h4-9,15H,3H2,1-2H3. The number of anilines is 1. The molecule has 0 bridgehead atoms. The second-order valence-electron chi connectivity index (χ2n) is 4.32. The number of benzene rings is 1. The smallest absolute Gasteiger partial charge is 0.232 e. The van der Waals surface area contributed by atoms with Gasteiger partial charge in [-0.1, -0.05) is 0 Å². The minimum absolute atomic E-state index is 0.000641. The largest absolute Gasteiger partial charge is 0.458 e. The maximum Gasteiger partial charge on any atom is 0.232 e. The van der Waals surface area contributed by atoms with E-state index in [0.717, 1.165) is 0 Å². The molecule has 0 spiro atoms. The molecule has 2 rings (SSSR count). The number of nitrogens with one attached hydrogen (secondary N) is 1. The Bertz CT molecular complexity index is 714. The van der Waals surface area contributed by atoms with E-state index >= 15 is 0 Å². The van der Waals surface area contributed by atoms with E-state index in [9.17, 15) is 13.2 Å². The van der Waals surface area contributed by atoms with Gasteiger partial charge in [-0.25, -0.2) is 8.42 Å². The SMILES string of the molecule is CCS(=O)(=O)Nc1ccc(C(=O)c2ccc(C)o2)cc1. The minimum atomic E-state index is -3.31. The summed E-state index contributed by atoms with van der Waals surface area (Å²) >= 11 is 0. The van der Waals surface area contributed by atoms with Crippen molar-refractivity contribution in [3.05, 3.63) is 53.5 Å². The zero-order valence-electron chi connectivity index (χ0n) is 11.2. The first-order valence-electron chi connectivity index (χ1n) is 6.13. The molecule has 0 unspecified atom stereocenters. The summed E-state index contributed by atoms with van der Waals surface area (Å²) in [5.74, 6) is 0.701. The first-order chi connectivity index (χ1) is 9.41. The Morgan fingerprint density at radius 1 is 1.15 bits per heavy atom. The Morgan fingerprint density at radius 2 is 1.80 bits per heavy atom. The topological polar surface area (TPSA) is 76.4 Å². The van der Waals surface area contributed by atoms with Gasteiger partial charge in [0.15, 0.2) is 5.76 Å². The van der Waals surface area contributed by atoms with Crippen LogP contribution in [0.4, 0.5) is 5.69 Å². The van der Waals surface area contributed by atoms with Gasteiger partial charge < -0.3 is 4.42 Å². The number of hydrogen-bond acceptors (Lipinski definition) is 4. The Morgan fingerprint density at radius 3 is 2.30 bits per heavy atom. The average molecular weight is 293 g/mol. The summed E-state index contributed by atoms with van der Waals surface area (Å²) in [5, 5.41) is 0. The lowest BCUT2D eigenvalue weighted by molar-refractivity contribution is 0.101. The van der Waals surface area contributed by atoms with Gasteiger partial charge in [-0.05, 0) is 50.2 Å². The van der Waals surface area contributed by atoms with Gasteiger partial charge in [0.05, 0.1) is 5.75 Å². The van der Waals surface area contributed by atoms with Crippen molar-refractivity contribution < 1.29 is 17.6 Å². The second kappa shape index (κ2) is 5.50. The van der Waals surface area contributed by atoms with E-state index in [1.807, 2.05) is 0 Å². The molecule has 2 aromatic rings. The molecule has 0 amide bonds. The summed E-state index contributed by atoms with van der Waals surface area (Å²) in [6.45, 7) is 3.32. The van der Waals surface area contributed by atoms with Gasteiger partial charge >= 0.3 is 0 Å². The number of carbonyl (C=O) groups excluding carboxylic acids is 1. The summed E-state index contributed by atoms with van der Waals surface area (Å²) in [7, 11) is -3.31.